The molecule has 3 atom stereocenters. The second-order valence-corrected chi connectivity index (χ2v) is 6.24. The largest absolute Gasteiger partial charge is 0.261 e. The van der Waals surface area contributed by atoms with Crippen LogP contribution in [0.1, 0.15) is 36.9 Å². The fraction of sp³-hybridized carbons (Fsp3) is 0.667. The van der Waals surface area contributed by atoms with Crippen LogP contribution in [0.15, 0.2) is 18.3 Å². The van der Waals surface area contributed by atoms with Crippen molar-refractivity contribution in [2.75, 3.05) is 0 Å². The van der Waals surface area contributed by atoms with Crippen LogP contribution >= 0.6 is 11.6 Å². The summed E-state index contributed by atoms with van der Waals surface area (Å²) in [5.41, 5.74) is 2.47. The van der Waals surface area contributed by atoms with Crippen molar-refractivity contribution in [2.24, 2.45) is 17.8 Å². The number of nitrogens with zero attached hydrogens (tertiary/aromatic N) is 1. The molecule has 1 heterocycles. The van der Waals surface area contributed by atoms with Crippen LogP contribution in [-0.4, -0.2) is 10.4 Å². The summed E-state index contributed by atoms with van der Waals surface area (Å²) >= 11 is 6.62. The smallest absolute Gasteiger partial charge is 0.0447 e. The maximum absolute atomic E-state index is 6.62. The van der Waals surface area contributed by atoms with Gasteiger partial charge in [-0.25, -0.2) is 0 Å². The van der Waals surface area contributed by atoms with Gasteiger partial charge < -0.3 is 0 Å². The van der Waals surface area contributed by atoms with E-state index in [0.717, 1.165) is 24.2 Å². The summed E-state index contributed by atoms with van der Waals surface area (Å²) in [6.45, 7) is 2.13. The molecule has 0 spiro atoms. The molecule has 3 rings (SSSR count). The number of aromatic nitrogens is 1. The molecule has 0 saturated heterocycles. The molecule has 2 aliphatic carbocycles. The quantitative estimate of drug-likeness (QED) is 0.739. The standard InChI is InChI=1S/C15H20ClN/c1-10-5-4-8-17-14(10)9-13(16)15-11-6-2-3-7-12(11)15/h4-5,8,11-13,15H,2-3,6-7,9H2,1H3. The molecule has 0 bridgehead atoms. The highest BCUT2D eigenvalue weighted by atomic mass is 35.5. The molecule has 0 aromatic carbocycles. The zero-order valence-corrected chi connectivity index (χ0v) is 11.2. The summed E-state index contributed by atoms with van der Waals surface area (Å²) in [6, 6.07) is 4.13. The zero-order chi connectivity index (χ0) is 11.8. The van der Waals surface area contributed by atoms with Crippen molar-refractivity contribution in [1.29, 1.82) is 0 Å². The highest BCUT2D eigenvalue weighted by molar-refractivity contribution is 6.21. The summed E-state index contributed by atoms with van der Waals surface area (Å²) in [4.78, 5) is 4.46. The number of hydrogen-bond acceptors (Lipinski definition) is 1. The van der Waals surface area contributed by atoms with Crippen LogP contribution in [0, 0.1) is 24.7 Å². The molecule has 2 saturated carbocycles. The summed E-state index contributed by atoms with van der Waals surface area (Å²) in [5, 5.41) is 0.302. The van der Waals surface area contributed by atoms with Gasteiger partial charge in [0.05, 0.1) is 0 Å². The third-order valence-corrected chi connectivity index (χ3v) is 5.09. The van der Waals surface area contributed by atoms with E-state index in [-0.39, 0.29) is 0 Å². The Labute approximate surface area is 109 Å². The molecule has 1 nitrogen and oxygen atoms in total. The Morgan fingerprint density at radius 3 is 2.71 bits per heavy atom. The lowest BCUT2D eigenvalue weighted by molar-refractivity contribution is 0.480. The van der Waals surface area contributed by atoms with Crippen molar-refractivity contribution in [3.8, 4) is 0 Å². The van der Waals surface area contributed by atoms with Crippen LogP contribution in [0.3, 0.4) is 0 Å². The third-order valence-electron chi connectivity index (χ3n) is 4.65. The van der Waals surface area contributed by atoms with E-state index < -0.39 is 0 Å². The first-order valence-electron chi connectivity index (χ1n) is 6.82. The minimum Gasteiger partial charge on any atom is -0.261 e. The molecular formula is C15H20ClN. The van der Waals surface area contributed by atoms with Gasteiger partial charge in [-0.3, -0.25) is 4.98 Å². The van der Waals surface area contributed by atoms with E-state index >= 15 is 0 Å². The lowest BCUT2D eigenvalue weighted by Gasteiger charge is -2.10. The Morgan fingerprint density at radius 2 is 2.06 bits per heavy atom. The SMILES string of the molecule is Cc1cccnc1CC(Cl)C1C2CCCCC21. The average Bonchev–Trinajstić information content (AvgIpc) is 3.06. The number of alkyl halides is 1. The summed E-state index contributed by atoms with van der Waals surface area (Å²) in [6.07, 6.45) is 8.51. The maximum Gasteiger partial charge on any atom is 0.0447 e. The molecule has 3 unspecified atom stereocenters. The number of rotatable bonds is 3. The highest BCUT2D eigenvalue weighted by Gasteiger charge is 2.53. The molecule has 0 radical (unpaired) electrons. The molecule has 0 aliphatic heterocycles. The van der Waals surface area contributed by atoms with Gasteiger partial charge in [0, 0.05) is 23.7 Å². The molecule has 92 valence electrons. The van der Waals surface area contributed by atoms with Gasteiger partial charge in [0.25, 0.3) is 0 Å². The predicted molar refractivity (Wildman–Crippen MR) is 71.3 cm³/mol. The van der Waals surface area contributed by atoms with Crippen LogP contribution in [0.4, 0.5) is 0 Å². The molecule has 2 fully saturated rings. The molecule has 17 heavy (non-hydrogen) atoms. The van der Waals surface area contributed by atoms with Gasteiger partial charge in [0.15, 0.2) is 0 Å². The van der Waals surface area contributed by atoms with Crippen LogP contribution in [0.5, 0.6) is 0 Å². The third kappa shape index (κ3) is 2.22. The predicted octanol–water partition coefficient (Wildman–Crippen LogP) is 3.98. The Balaban J connectivity index is 1.64. The van der Waals surface area contributed by atoms with Crippen molar-refractivity contribution in [3.05, 3.63) is 29.6 Å². The van der Waals surface area contributed by atoms with E-state index in [1.165, 1.54) is 36.9 Å². The van der Waals surface area contributed by atoms with Crippen LogP contribution in [0.25, 0.3) is 0 Å². The fourth-order valence-electron chi connectivity index (χ4n) is 3.64. The van der Waals surface area contributed by atoms with Crippen molar-refractivity contribution >= 4 is 11.6 Å². The Hall–Kier alpha value is -0.560. The van der Waals surface area contributed by atoms with Crippen LogP contribution < -0.4 is 0 Å². The minimum absolute atomic E-state index is 0.302. The second kappa shape index (κ2) is 4.61. The van der Waals surface area contributed by atoms with Crippen molar-refractivity contribution in [1.82, 2.24) is 4.98 Å². The lowest BCUT2D eigenvalue weighted by Crippen LogP contribution is -2.10. The van der Waals surface area contributed by atoms with Crippen LogP contribution in [0.2, 0.25) is 0 Å². The van der Waals surface area contributed by atoms with E-state index in [0.29, 0.717) is 5.38 Å². The zero-order valence-electron chi connectivity index (χ0n) is 10.4. The summed E-state index contributed by atoms with van der Waals surface area (Å²) in [5.74, 6) is 2.66. The maximum atomic E-state index is 6.62. The normalized spacial score (nSPS) is 32.9. The van der Waals surface area contributed by atoms with Crippen molar-refractivity contribution < 1.29 is 0 Å². The second-order valence-electron chi connectivity index (χ2n) is 5.68. The van der Waals surface area contributed by atoms with E-state index in [1.807, 2.05) is 12.3 Å². The molecule has 1 aromatic rings. The van der Waals surface area contributed by atoms with Gasteiger partial charge in [-0.2, -0.15) is 0 Å². The van der Waals surface area contributed by atoms with Gasteiger partial charge in [-0.05, 0) is 49.1 Å². The number of aryl methyl sites for hydroxylation is 1. The van der Waals surface area contributed by atoms with Gasteiger partial charge in [-0.15, -0.1) is 11.6 Å². The summed E-state index contributed by atoms with van der Waals surface area (Å²) in [7, 11) is 0. The first kappa shape index (κ1) is 11.5. The van der Waals surface area contributed by atoms with Gasteiger partial charge >= 0.3 is 0 Å². The molecular weight excluding hydrogens is 230 g/mol. The molecule has 1 aromatic heterocycles. The van der Waals surface area contributed by atoms with E-state index in [4.69, 9.17) is 11.6 Å². The molecule has 2 heteroatoms. The van der Waals surface area contributed by atoms with Gasteiger partial charge in [-0.1, -0.05) is 18.9 Å². The highest BCUT2D eigenvalue weighted by Crippen LogP contribution is 2.58. The molecule has 2 aliphatic rings. The van der Waals surface area contributed by atoms with E-state index in [1.54, 1.807) is 0 Å². The average molecular weight is 250 g/mol. The Morgan fingerprint density at radius 1 is 1.35 bits per heavy atom. The Bertz CT molecular complexity index is 392. The monoisotopic (exact) mass is 249 g/mol. The first-order chi connectivity index (χ1) is 8.27. The topological polar surface area (TPSA) is 12.9 Å². The number of pyridine rings is 1. The first-order valence-corrected chi connectivity index (χ1v) is 7.25. The van der Waals surface area contributed by atoms with Crippen molar-refractivity contribution in [3.63, 3.8) is 0 Å². The number of fused-ring (bicyclic) bond motifs is 1. The molecule has 0 amide bonds. The number of hydrogen-bond donors (Lipinski definition) is 0. The molecule has 0 N–H and O–H groups in total. The van der Waals surface area contributed by atoms with E-state index in [2.05, 4.69) is 18.0 Å². The van der Waals surface area contributed by atoms with Crippen molar-refractivity contribution in [2.45, 2.75) is 44.4 Å². The summed E-state index contributed by atoms with van der Waals surface area (Å²) < 4.78 is 0. The van der Waals surface area contributed by atoms with Crippen LogP contribution in [-0.2, 0) is 6.42 Å². The fourth-order valence-corrected chi connectivity index (χ4v) is 4.16. The number of halogens is 1. The van der Waals surface area contributed by atoms with Gasteiger partial charge in [0.1, 0.15) is 0 Å². The van der Waals surface area contributed by atoms with Gasteiger partial charge in [0.2, 0.25) is 0 Å². The Kier molecular flexibility index (Phi) is 3.12. The van der Waals surface area contributed by atoms with E-state index in [9.17, 15) is 0 Å². The minimum atomic E-state index is 0.302. The lowest BCUT2D eigenvalue weighted by atomic mass is 10.0.